The molecule has 1 fully saturated rings. The van der Waals surface area contributed by atoms with Gasteiger partial charge in [0.15, 0.2) is 0 Å². The molecule has 0 saturated carbocycles. The first-order valence-electron chi connectivity index (χ1n) is 9.69. The van der Waals surface area contributed by atoms with Crippen LogP contribution in [0, 0.1) is 6.92 Å². The molecule has 2 aromatic rings. The SMILES string of the molecule is Cc1cccc(C(C(=O)N2CCC3(CC2)OCCc2cn[nH]c23)N(C)C)c1. The lowest BCUT2D eigenvalue weighted by atomic mass is 9.83. The van der Waals surface area contributed by atoms with E-state index in [4.69, 9.17) is 4.74 Å². The third-order valence-corrected chi connectivity index (χ3v) is 5.91. The minimum atomic E-state index is -0.308. The van der Waals surface area contributed by atoms with Crippen LogP contribution in [-0.4, -0.2) is 59.7 Å². The molecule has 4 rings (SSSR count). The van der Waals surface area contributed by atoms with E-state index < -0.39 is 0 Å². The van der Waals surface area contributed by atoms with Gasteiger partial charge in [0.05, 0.1) is 18.5 Å². The zero-order chi connectivity index (χ0) is 19.0. The van der Waals surface area contributed by atoms with E-state index in [9.17, 15) is 4.79 Å². The van der Waals surface area contributed by atoms with Gasteiger partial charge in [0.25, 0.3) is 0 Å². The van der Waals surface area contributed by atoms with Crippen LogP contribution >= 0.6 is 0 Å². The summed E-state index contributed by atoms with van der Waals surface area (Å²) in [6.45, 7) is 4.19. The largest absolute Gasteiger partial charge is 0.368 e. The second kappa shape index (κ2) is 7.09. The van der Waals surface area contributed by atoms with Crippen molar-refractivity contribution >= 4 is 5.91 Å². The zero-order valence-electron chi connectivity index (χ0n) is 16.4. The van der Waals surface area contributed by atoms with Crippen molar-refractivity contribution in [1.29, 1.82) is 0 Å². The summed E-state index contributed by atoms with van der Waals surface area (Å²) in [5.41, 5.74) is 4.29. The topological polar surface area (TPSA) is 61.5 Å². The van der Waals surface area contributed by atoms with Crippen molar-refractivity contribution in [3.63, 3.8) is 0 Å². The summed E-state index contributed by atoms with van der Waals surface area (Å²) < 4.78 is 6.21. The molecule has 1 saturated heterocycles. The Balaban J connectivity index is 1.51. The van der Waals surface area contributed by atoms with Gasteiger partial charge in [0.1, 0.15) is 11.6 Å². The molecule has 1 aromatic carbocycles. The van der Waals surface area contributed by atoms with Gasteiger partial charge in [-0.15, -0.1) is 0 Å². The number of hydrogen-bond acceptors (Lipinski definition) is 4. The Morgan fingerprint density at radius 3 is 2.81 bits per heavy atom. The lowest BCUT2D eigenvalue weighted by molar-refractivity contribution is -0.145. The summed E-state index contributed by atoms with van der Waals surface area (Å²) >= 11 is 0. The summed E-state index contributed by atoms with van der Waals surface area (Å²) in [6, 6.07) is 7.98. The second-order valence-corrected chi connectivity index (χ2v) is 7.97. The standard InChI is InChI=1S/C21H28N4O2/c1-15-5-4-6-16(13-15)18(24(2)3)20(26)25-10-8-21(9-11-25)19-17(7-12-27-21)14-22-23-19/h4-6,13-14,18H,7-12H2,1-3H3,(H,22,23). The number of rotatable bonds is 3. The van der Waals surface area contributed by atoms with E-state index in [1.807, 2.05) is 42.2 Å². The van der Waals surface area contributed by atoms with E-state index in [-0.39, 0.29) is 17.6 Å². The molecule has 0 radical (unpaired) electrons. The average molecular weight is 368 g/mol. The van der Waals surface area contributed by atoms with Gasteiger partial charge in [-0.25, -0.2) is 0 Å². The molecular formula is C21H28N4O2. The molecule has 6 nitrogen and oxygen atoms in total. The Hall–Kier alpha value is -2.18. The van der Waals surface area contributed by atoms with Crippen molar-refractivity contribution in [2.45, 2.75) is 37.8 Å². The molecule has 1 atom stereocenters. The normalized spacial score (nSPS) is 19.9. The highest BCUT2D eigenvalue weighted by atomic mass is 16.5. The quantitative estimate of drug-likeness (QED) is 0.904. The number of carbonyl (C=O) groups is 1. The fourth-order valence-corrected chi connectivity index (χ4v) is 4.48. The number of nitrogens with zero attached hydrogens (tertiary/aromatic N) is 3. The van der Waals surface area contributed by atoms with Crippen molar-refractivity contribution in [2.24, 2.45) is 0 Å². The van der Waals surface area contributed by atoms with Crippen molar-refractivity contribution in [1.82, 2.24) is 20.0 Å². The zero-order valence-corrected chi connectivity index (χ0v) is 16.4. The lowest BCUT2D eigenvalue weighted by Crippen LogP contribution is -2.50. The number of likely N-dealkylation sites (N-methyl/N-ethyl adjacent to an activating group) is 1. The molecule has 1 N–H and O–H groups in total. The number of nitrogens with one attached hydrogen (secondary N) is 1. The maximum atomic E-state index is 13.3. The minimum absolute atomic E-state index is 0.168. The van der Waals surface area contributed by atoms with E-state index in [0.29, 0.717) is 13.1 Å². The molecule has 0 bridgehead atoms. The van der Waals surface area contributed by atoms with Gasteiger partial charge in [-0.1, -0.05) is 29.8 Å². The Morgan fingerprint density at radius 1 is 1.33 bits per heavy atom. The molecular weight excluding hydrogens is 340 g/mol. The smallest absolute Gasteiger partial charge is 0.244 e. The average Bonchev–Trinajstić information content (AvgIpc) is 3.13. The molecule has 0 aliphatic carbocycles. The third-order valence-electron chi connectivity index (χ3n) is 5.91. The lowest BCUT2D eigenvalue weighted by Gasteiger charge is -2.44. The van der Waals surface area contributed by atoms with E-state index in [1.165, 1.54) is 11.1 Å². The predicted molar refractivity (Wildman–Crippen MR) is 103 cm³/mol. The number of ether oxygens (including phenoxy) is 1. The van der Waals surface area contributed by atoms with Crippen LogP contribution in [0.15, 0.2) is 30.5 Å². The van der Waals surface area contributed by atoms with Crippen LogP contribution in [0.4, 0.5) is 0 Å². The van der Waals surface area contributed by atoms with Crippen LogP contribution in [-0.2, 0) is 21.6 Å². The molecule has 1 spiro atoms. The van der Waals surface area contributed by atoms with Crippen LogP contribution in [0.5, 0.6) is 0 Å². The molecule has 1 unspecified atom stereocenters. The first kappa shape index (κ1) is 18.2. The van der Waals surface area contributed by atoms with Gasteiger partial charge in [-0.05, 0) is 51.4 Å². The molecule has 3 heterocycles. The number of likely N-dealkylation sites (tertiary alicyclic amines) is 1. The van der Waals surface area contributed by atoms with Crippen LogP contribution in [0.25, 0.3) is 0 Å². The number of amides is 1. The Kier molecular flexibility index (Phi) is 4.78. The number of piperidine rings is 1. The maximum Gasteiger partial charge on any atom is 0.244 e. The fraction of sp³-hybridized carbons (Fsp3) is 0.524. The summed E-state index contributed by atoms with van der Waals surface area (Å²) in [6.07, 6.45) is 4.44. The molecule has 2 aliphatic heterocycles. The molecule has 1 aromatic heterocycles. The summed E-state index contributed by atoms with van der Waals surface area (Å²) in [5.74, 6) is 0.168. The van der Waals surface area contributed by atoms with Crippen molar-refractivity contribution < 1.29 is 9.53 Å². The van der Waals surface area contributed by atoms with Gasteiger partial charge in [-0.3, -0.25) is 14.8 Å². The summed E-state index contributed by atoms with van der Waals surface area (Å²) in [5, 5.41) is 7.36. The van der Waals surface area contributed by atoms with Gasteiger partial charge >= 0.3 is 0 Å². The molecule has 6 heteroatoms. The van der Waals surface area contributed by atoms with Crippen LogP contribution in [0.3, 0.4) is 0 Å². The number of benzene rings is 1. The minimum Gasteiger partial charge on any atom is -0.368 e. The fourth-order valence-electron chi connectivity index (χ4n) is 4.48. The van der Waals surface area contributed by atoms with Gasteiger partial charge in [0, 0.05) is 13.1 Å². The predicted octanol–water partition coefficient (Wildman–Crippen LogP) is 2.41. The van der Waals surface area contributed by atoms with Crippen LogP contribution < -0.4 is 0 Å². The summed E-state index contributed by atoms with van der Waals surface area (Å²) in [7, 11) is 3.94. The van der Waals surface area contributed by atoms with Crippen molar-refractivity contribution in [2.75, 3.05) is 33.8 Å². The number of aryl methyl sites for hydroxylation is 1. The molecule has 27 heavy (non-hydrogen) atoms. The van der Waals surface area contributed by atoms with E-state index >= 15 is 0 Å². The number of hydrogen-bond donors (Lipinski definition) is 1. The Morgan fingerprint density at radius 2 is 2.11 bits per heavy atom. The highest BCUT2D eigenvalue weighted by molar-refractivity contribution is 5.83. The highest BCUT2D eigenvalue weighted by Gasteiger charge is 2.44. The van der Waals surface area contributed by atoms with E-state index in [0.717, 1.165) is 37.1 Å². The first-order chi connectivity index (χ1) is 13.0. The van der Waals surface area contributed by atoms with E-state index in [1.54, 1.807) is 0 Å². The second-order valence-electron chi connectivity index (χ2n) is 7.97. The molecule has 144 valence electrons. The van der Waals surface area contributed by atoms with Crippen LogP contribution in [0.2, 0.25) is 0 Å². The monoisotopic (exact) mass is 368 g/mol. The number of fused-ring (bicyclic) bond motifs is 2. The number of aromatic nitrogens is 2. The van der Waals surface area contributed by atoms with E-state index in [2.05, 4.69) is 29.3 Å². The third kappa shape index (κ3) is 3.28. The van der Waals surface area contributed by atoms with Gasteiger partial charge in [0.2, 0.25) is 5.91 Å². The number of aromatic amines is 1. The van der Waals surface area contributed by atoms with Crippen molar-refractivity contribution in [3.8, 4) is 0 Å². The number of H-pyrrole nitrogens is 1. The number of carbonyl (C=O) groups excluding carboxylic acids is 1. The Bertz CT molecular complexity index is 821. The Labute approximate surface area is 160 Å². The summed E-state index contributed by atoms with van der Waals surface area (Å²) in [4.78, 5) is 17.3. The van der Waals surface area contributed by atoms with Crippen molar-refractivity contribution in [3.05, 3.63) is 52.8 Å². The molecule has 1 amide bonds. The molecule has 2 aliphatic rings. The van der Waals surface area contributed by atoms with Gasteiger partial charge < -0.3 is 9.64 Å². The first-order valence-corrected chi connectivity index (χ1v) is 9.69. The van der Waals surface area contributed by atoms with Crippen LogP contribution in [0.1, 0.15) is 41.3 Å². The maximum absolute atomic E-state index is 13.3. The highest BCUT2D eigenvalue weighted by Crippen LogP contribution is 2.40. The van der Waals surface area contributed by atoms with Gasteiger partial charge in [-0.2, -0.15) is 5.10 Å².